The zero-order valence-corrected chi connectivity index (χ0v) is 18.2. The average molecular weight is 423 g/mol. The predicted octanol–water partition coefficient (Wildman–Crippen LogP) is 4.71. The van der Waals surface area contributed by atoms with Crippen molar-refractivity contribution in [1.82, 2.24) is 0 Å². The molecule has 0 aliphatic heterocycles. The minimum Gasteiger partial charge on any atom is -0.481 e. The molecule has 6 heteroatoms. The molecule has 0 fully saturated rings. The molecular weight excluding hydrogens is 396 g/mol. The van der Waals surface area contributed by atoms with Crippen LogP contribution in [0.3, 0.4) is 0 Å². The summed E-state index contributed by atoms with van der Waals surface area (Å²) in [5.41, 5.74) is 9.10. The van der Waals surface area contributed by atoms with Gasteiger partial charge in [-0.25, -0.2) is 0 Å². The summed E-state index contributed by atoms with van der Waals surface area (Å²) < 4.78 is 5.76. The number of ether oxygens (including phenoxy) is 1. The Hall–Kier alpha value is -3.12. The Kier molecular flexibility index (Phi) is 6.90. The lowest BCUT2D eigenvalue weighted by Gasteiger charge is -2.15. The molecule has 3 rings (SSSR count). The summed E-state index contributed by atoms with van der Waals surface area (Å²) in [6.45, 7) is 5.62. The van der Waals surface area contributed by atoms with E-state index in [1.54, 1.807) is 6.92 Å². The van der Waals surface area contributed by atoms with Gasteiger partial charge in [-0.1, -0.05) is 49.4 Å². The maximum Gasteiger partial charge on any atom is 0.265 e. The van der Waals surface area contributed by atoms with Crippen LogP contribution in [-0.2, 0) is 17.6 Å². The maximum absolute atomic E-state index is 12.7. The number of hydrogen-bond donors (Lipinski definition) is 2. The molecule has 3 N–H and O–H groups in total. The molecule has 5 nitrogen and oxygen atoms in total. The van der Waals surface area contributed by atoms with E-state index in [9.17, 15) is 9.59 Å². The average Bonchev–Trinajstić information content (AvgIpc) is 3.04. The number of carbonyl (C=O) groups excluding carboxylic acids is 2. The van der Waals surface area contributed by atoms with Gasteiger partial charge < -0.3 is 15.8 Å². The quantitative estimate of drug-likeness (QED) is 0.551. The molecule has 1 atom stereocenters. The molecule has 1 aromatic heterocycles. The molecule has 0 saturated carbocycles. The first-order valence-electron chi connectivity index (χ1n) is 9.91. The van der Waals surface area contributed by atoms with E-state index in [2.05, 4.69) is 12.2 Å². The number of carbonyl (C=O) groups is 2. The molecule has 0 bridgehead atoms. The minimum atomic E-state index is -0.724. The van der Waals surface area contributed by atoms with E-state index in [0.29, 0.717) is 22.7 Å². The van der Waals surface area contributed by atoms with Gasteiger partial charge in [0, 0.05) is 11.3 Å². The highest BCUT2D eigenvalue weighted by atomic mass is 32.1. The van der Waals surface area contributed by atoms with Crippen LogP contribution in [0.1, 0.15) is 45.8 Å². The standard InChI is InChI=1S/C24H26N2O3S/c1-4-17-10-12-19(13-11-17)29-16(3)23(28)26-24-21(22(25)27)15(2)20(30-24)14-18-8-6-5-7-9-18/h5-13,16H,4,14H2,1-3H3,(H2,25,27)(H,26,28). The first-order chi connectivity index (χ1) is 14.4. The highest BCUT2D eigenvalue weighted by molar-refractivity contribution is 7.17. The fraction of sp³-hybridized carbons (Fsp3) is 0.250. The topological polar surface area (TPSA) is 81.4 Å². The van der Waals surface area contributed by atoms with Crippen LogP contribution < -0.4 is 15.8 Å². The highest BCUT2D eigenvalue weighted by Crippen LogP contribution is 2.34. The van der Waals surface area contributed by atoms with Crippen LogP contribution in [0.15, 0.2) is 54.6 Å². The molecule has 0 spiro atoms. The summed E-state index contributed by atoms with van der Waals surface area (Å²) in [5, 5.41) is 3.30. The van der Waals surface area contributed by atoms with Gasteiger partial charge in [0.15, 0.2) is 6.10 Å². The minimum absolute atomic E-state index is 0.329. The Labute approximate surface area is 180 Å². The van der Waals surface area contributed by atoms with Crippen molar-refractivity contribution in [2.75, 3.05) is 5.32 Å². The molecular formula is C24H26N2O3S. The zero-order chi connectivity index (χ0) is 21.7. The Morgan fingerprint density at radius 2 is 1.73 bits per heavy atom. The van der Waals surface area contributed by atoms with Gasteiger partial charge in [-0.05, 0) is 49.1 Å². The number of primary amides is 1. The predicted molar refractivity (Wildman–Crippen MR) is 121 cm³/mol. The Balaban J connectivity index is 1.76. The van der Waals surface area contributed by atoms with Gasteiger partial charge >= 0.3 is 0 Å². The second kappa shape index (κ2) is 9.59. The van der Waals surface area contributed by atoms with Crippen LogP contribution in [-0.4, -0.2) is 17.9 Å². The number of anilines is 1. The molecule has 0 radical (unpaired) electrons. The number of hydrogen-bond acceptors (Lipinski definition) is 4. The monoisotopic (exact) mass is 422 g/mol. The van der Waals surface area contributed by atoms with Crippen molar-refractivity contribution in [2.45, 2.75) is 39.7 Å². The second-order valence-corrected chi connectivity index (χ2v) is 8.23. The van der Waals surface area contributed by atoms with Crippen LogP contribution in [0.5, 0.6) is 5.75 Å². The molecule has 0 aliphatic carbocycles. The van der Waals surface area contributed by atoms with Crippen molar-refractivity contribution >= 4 is 28.2 Å². The van der Waals surface area contributed by atoms with Crippen molar-refractivity contribution in [1.29, 1.82) is 0 Å². The van der Waals surface area contributed by atoms with Crippen LogP contribution >= 0.6 is 11.3 Å². The Morgan fingerprint density at radius 1 is 1.07 bits per heavy atom. The number of benzene rings is 2. The van der Waals surface area contributed by atoms with Crippen molar-refractivity contribution in [2.24, 2.45) is 5.73 Å². The van der Waals surface area contributed by atoms with E-state index >= 15 is 0 Å². The normalized spacial score (nSPS) is 11.7. The van der Waals surface area contributed by atoms with E-state index < -0.39 is 12.0 Å². The second-order valence-electron chi connectivity index (χ2n) is 7.13. The van der Waals surface area contributed by atoms with Crippen molar-refractivity contribution in [3.63, 3.8) is 0 Å². The molecule has 0 saturated heterocycles. The first kappa shape index (κ1) is 21.6. The Morgan fingerprint density at radius 3 is 2.33 bits per heavy atom. The number of thiophene rings is 1. The zero-order valence-electron chi connectivity index (χ0n) is 17.4. The van der Waals surface area contributed by atoms with Crippen LogP contribution in [0.2, 0.25) is 0 Å². The van der Waals surface area contributed by atoms with Crippen LogP contribution in [0.25, 0.3) is 0 Å². The SMILES string of the molecule is CCc1ccc(OC(C)C(=O)Nc2sc(Cc3ccccc3)c(C)c2C(N)=O)cc1. The summed E-state index contributed by atoms with van der Waals surface area (Å²) >= 11 is 1.38. The van der Waals surface area contributed by atoms with E-state index in [0.717, 1.165) is 22.4 Å². The lowest BCUT2D eigenvalue weighted by Crippen LogP contribution is -2.30. The lowest BCUT2D eigenvalue weighted by molar-refractivity contribution is -0.122. The van der Waals surface area contributed by atoms with Crippen LogP contribution in [0, 0.1) is 6.92 Å². The number of amides is 2. The van der Waals surface area contributed by atoms with E-state index in [4.69, 9.17) is 10.5 Å². The van der Waals surface area contributed by atoms with Crippen LogP contribution in [0.4, 0.5) is 5.00 Å². The summed E-state index contributed by atoms with van der Waals surface area (Å²) in [6, 6.07) is 17.6. The maximum atomic E-state index is 12.7. The largest absolute Gasteiger partial charge is 0.481 e. The third-order valence-corrected chi connectivity index (χ3v) is 6.16. The van der Waals surface area contributed by atoms with Gasteiger partial charge in [0.1, 0.15) is 10.8 Å². The van der Waals surface area contributed by atoms with E-state index in [1.807, 2.05) is 61.5 Å². The fourth-order valence-electron chi connectivity index (χ4n) is 3.17. The van der Waals surface area contributed by atoms with Crippen molar-refractivity contribution in [3.05, 3.63) is 81.7 Å². The first-order valence-corrected chi connectivity index (χ1v) is 10.7. The van der Waals surface area contributed by atoms with Gasteiger partial charge in [0.05, 0.1) is 5.56 Å². The number of rotatable bonds is 8. The van der Waals surface area contributed by atoms with Gasteiger partial charge in [-0.15, -0.1) is 11.3 Å². The third kappa shape index (κ3) is 5.07. The summed E-state index contributed by atoms with van der Waals surface area (Å²) in [4.78, 5) is 25.8. The molecule has 1 unspecified atom stereocenters. The summed E-state index contributed by atoms with van der Waals surface area (Å²) in [5.74, 6) is -0.260. The molecule has 156 valence electrons. The fourth-order valence-corrected chi connectivity index (χ4v) is 4.42. The molecule has 2 aromatic carbocycles. The number of aryl methyl sites for hydroxylation is 1. The van der Waals surface area contributed by atoms with Gasteiger partial charge in [0.25, 0.3) is 11.8 Å². The Bertz CT molecular complexity index is 1030. The van der Waals surface area contributed by atoms with Gasteiger partial charge in [0.2, 0.25) is 0 Å². The van der Waals surface area contributed by atoms with E-state index in [1.165, 1.54) is 16.9 Å². The van der Waals surface area contributed by atoms with Crippen molar-refractivity contribution < 1.29 is 14.3 Å². The van der Waals surface area contributed by atoms with Gasteiger partial charge in [-0.3, -0.25) is 9.59 Å². The third-order valence-electron chi connectivity index (χ3n) is 4.95. The molecule has 2 amide bonds. The molecule has 0 aliphatic rings. The summed E-state index contributed by atoms with van der Waals surface area (Å²) in [6.07, 6.45) is 0.886. The smallest absolute Gasteiger partial charge is 0.265 e. The lowest BCUT2D eigenvalue weighted by atomic mass is 10.1. The van der Waals surface area contributed by atoms with Crippen molar-refractivity contribution in [3.8, 4) is 5.75 Å². The number of nitrogens with one attached hydrogen (secondary N) is 1. The molecule has 30 heavy (non-hydrogen) atoms. The molecule has 1 heterocycles. The van der Waals surface area contributed by atoms with E-state index in [-0.39, 0.29) is 5.91 Å². The highest BCUT2D eigenvalue weighted by Gasteiger charge is 2.23. The number of nitrogens with two attached hydrogens (primary N) is 1. The molecule has 3 aromatic rings. The van der Waals surface area contributed by atoms with Gasteiger partial charge in [-0.2, -0.15) is 0 Å². The summed E-state index contributed by atoms with van der Waals surface area (Å²) in [7, 11) is 0.